The van der Waals surface area contributed by atoms with Crippen LogP contribution in [0.2, 0.25) is 5.02 Å². The molecular formula is C25H28ClN5O2S. The number of nitrogens with zero attached hydrogens (tertiary/aromatic N) is 3. The lowest BCUT2D eigenvalue weighted by atomic mass is 10.0. The predicted molar refractivity (Wildman–Crippen MR) is 137 cm³/mol. The molecule has 1 unspecified atom stereocenters. The Morgan fingerprint density at radius 2 is 1.91 bits per heavy atom. The Bertz CT molecular complexity index is 1130. The molecule has 0 bridgehead atoms. The molecule has 0 radical (unpaired) electrons. The molecule has 2 N–H and O–H groups in total. The second-order valence-electron chi connectivity index (χ2n) is 8.11. The van der Waals surface area contributed by atoms with Gasteiger partial charge in [0.25, 0.3) is 5.91 Å². The van der Waals surface area contributed by atoms with E-state index < -0.39 is 0 Å². The minimum atomic E-state index is -0.338. The summed E-state index contributed by atoms with van der Waals surface area (Å²) in [4.78, 5) is 25.3. The Labute approximate surface area is 209 Å². The summed E-state index contributed by atoms with van der Waals surface area (Å²) >= 11 is 7.26. The van der Waals surface area contributed by atoms with Crippen LogP contribution in [0, 0.1) is 5.92 Å². The Morgan fingerprint density at radius 1 is 1.15 bits per heavy atom. The lowest BCUT2D eigenvalue weighted by molar-refractivity contribution is -0.113. The van der Waals surface area contributed by atoms with Crippen molar-refractivity contribution in [2.45, 2.75) is 38.0 Å². The molecule has 1 heterocycles. The molecule has 178 valence electrons. The molecule has 3 aromatic rings. The van der Waals surface area contributed by atoms with Crippen molar-refractivity contribution in [3.05, 3.63) is 83.7 Å². The van der Waals surface area contributed by atoms with Gasteiger partial charge in [-0.1, -0.05) is 67.6 Å². The molecule has 0 saturated heterocycles. The number of aromatic nitrogens is 3. The van der Waals surface area contributed by atoms with Crippen LogP contribution >= 0.6 is 23.4 Å². The van der Waals surface area contributed by atoms with Gasteiger partial charge in [-0.3, -0.25) is 9.59 Å². The summed E-state index contributed by atoms with van der Waals surface area (Å²) in [6.45, 7) is 8.47. The molecule has 2 aromatic carbocycles. The van der Waals surface area contributed by atoms with Crippen LogP contribution in [0.15, 0.2) is 72.4 Å². The number of benzene rings is 2. The molecular weight excluding hydrogens is 470 g/mol. The summed E-state index contributed by atoms with van der Waals surface area (Å²) in [7, 11) is 0. The van der Waals surface area contributed by atoms with Crippen molar-refractivity contribution in [2.24, 2.45) is 5.92 Å². The van der Waals surface area contributed by atoms with Gasteiger partial charge in [0, 0.05) is 22.8 Å². The third-order valence-electron chi connectivity index (χ3n) is 4.86. The Balaban J connectivity index is 1.75. The maximum absolute atomic E-state index is 12.8. The second kappa shape index (κ2) is 12.4. The topological polar surface area (TPSA) is 88.9 Å². The summed E-state index contributed by atoms with van der Waals surface area (Å²) in [5, 5.41) is 15.8. The molecule has 0 spiro atoms. The average Bonchev–Trinajstić information content (AvgIpc) is 3.20. The number of amides is 2. The van der Waals surface area contributed by atoms with E-state index in [0.29, 0.717) is 46.1 Å². The maximum Gasteiger partial charge on any atom is 0.251 e. The maximum atomic E-state index is 12.8. The number of thioether (sulfide) groups is 1. The van der Waals surface area contributed by atoms with Gasteiger partial charge in [-0.25, -0.2) is 0 Å². The number of halogens is 1. The molecule has 0 saturated carbocycles. The number of nitrogens with one attached hydrogen (secondary N) is 2. The quantitative estimate of drug-likeness (QED) is 0.275. The van der Waals surface area contributed by atoms with Crippen LogP contribution in [0.3, 0.4) is 0 Å². The molecule has 0 fully saturated rings. The van der Waals surface area contributed by atoms with Crippen LogP contribution in [0.25, 0.3) is 0 Å². The first kappa shape index (κ1) is 25.5. The highest BCUT2D eigenvalue weighted by molar-refractivity contribution is 7.99. The van der Waals surface area contributed by atoms with E-state index in [1.807, 2.05) is 22.8 Å². The van der Waals surface area contributed by atoms with Crippen molar-refractivity contribution in [3.63, 3.8) is 0 Å². The van der Waals surface area contributed by atoms with E-state index in [1.165, 1.54) is 11.8 Å². The van der Waals surface area contributed by atoms with Gasteiger partial charge in [0.1, 0.15) is 0 Å². The first-order valence-electron chi connectivity index (χ1n) is 11.0. The molecule has 1 aromatic heterocycles. The van der Waals surface area contributed by atoms with Crippen LogP contribution < -0.4 is 10.6 Å². The summed E-state index contributed by atoms with van der Waals surface area (Å²) < 4.78 is 1.89. The molecule has 9 heteroatoms. The van der Waals surface area contributed by atoms with E-state index >= 15 is 0 Å². The monoisotopic (exact) mass is 497 g/mol. The lowest BCUT2D eigenvalue weighted by Crippen LogP contribution is -2.31. The van der Waals surface area contributed by atoms with Gasteiger partial charge in [0.15, 0.2) is 11.0 Å². The van der Waals surface area contributed by atoms with Crippen LogP contribution in [0.5, 0.6) is 0 Å². The lowest BCUT2D eigenvalue weighted by Gasteiger charge is -2.21. The van der Waals surface area contributed by atoms with Gasteiger partial charge < -0.3 is 15.2 Å². The largest absolute Gasteiger partial charge is 0.342 e. The average molecular weight is 498 g/mol. The van der Waals surface area contributed by atoms with Gasteiger partial charge in [-0.2, -0.15) is 0 Å². The van der Waals surface area contributed by atoms with E-state index in [1.54, 1.807) is 42.5 Å². The summed E-state index contributed by atoms with van der Waals surface area (Å²) in [5.41, 5.74) is 1.21. The van der Waals surface area contributed by atoms with E-state index in [4.69, 9.17) is 11.6 Å². The van der Waals surface area contributed by atoms with Gasteiger partial charge >= 0.3 is 0 Å². The zero-order valence-corrected chi connectivity index (χ0v) is 20.8. The minimum absolute atomic E-state index is 0.146. The normalized spacial score (nSPS) is 11.8. The van der Waals surface area contributed by atoms with E-state index in [0.717, 1.165) is 0 Å². The zero-order chi connectivity index (χ0) is 24.5. The van der Waals surface area contributed by atoms with Gasteiger partial charge in [0.2, 0.25) is 5.91 Å². The zero-order valence-electron chi connectivity index (χ0n) is 19.2. The van der Waals surface area contributed by atoms with Gasteiger partial charge in [-0.15, -0.1) is 16.8 Å². The first-order valence-corrected chi connectivity index (χ1v) is 12.3. The first-order chi connectivity index (χ1) is 16.4. The van der Waals surface area contributed by atoms with E-state index in [9.17, 15) is 9.59 Å². The molecule has 1 atom stereocenters. The van der Waals surface area contributed by atoms with Gasteiger partial charge in [0.05, 0.1) is 11.8 Å². The summed E-state index contributed by atoms with van der Waals surface area (Å²) in [6, 6.07) is 15.7. The molecule has 34 heavy (non-hydrogen) atoms. The van der Waals surface area contributed by atoms with Crippen molar-refractivity contribution >= 4 is 40.9 Å². The fourth-order valence-electron chi connectivity index (χ4n) is 3.39. The van der Waals surface area contributed by atoms with Crippen LogP contribution in [-0.4, -0.2) is 32.3 Å². The van der Waals surface area contributed by atoms with Crippen molar-refractivity contribution in [1.29, 1.82) is 0 Å². The third-order valence-corrected chi connectivity index (χ3v) is 6.06. The highest BCUT2D eigenvalue weighted by atomic mass is 35.5. The standard InChI is InChI=1S/C25H28ClN5O2S/c1-4-13-31-23(21(14-17(2)3)28-24(33)18-9-6-5-7-10-18)29-30-25(31)34-16-22(32)27-20-12-8-11-19(26)15-20/h4-12,15,17,21H,1,13-14,16H2,2-3H3,(H,27,32)(H,28,33). The Hall–Kier alpha value is -3.10. The highest BCUT2D eigenvalue weighted by Crippen LogP contribution is 2.26. The van der Waals surface area contributed by atoms with Crippen molar-refractivity contribution in [3.8, 4) is 0 Å². The number of rotatable bonds is 11. The predicted octanol–water partition coefficient (Wildman–Crippen LogP) is 5.37. The molecule has 0 aliphatic carbocycles. The Kier molecular flexibility index (Phi) is 9.30. The van der Waals surface area contributed by atoms with Crippen LogP contribution in [-0.2, 0) is 11.3 Å². The van der Waals surface area contributed by atoms with Gasteiger partial charge in [-0.05, 0) is 42.7 Å². The van der Waals surface area contributed by atoms with Crippen molar-refractivity contribution < 1.29 is 9.59 Å². The van der Waals surface area contributed by atoms with Crippen LogP contribution in [0.1, 0.15) is 42.5 Å². The highest BCUT2D eigenvalue weighted by Gasteiger charge is 2.24. The SMILES string of the molecule is C=CCn1c(SCC(=O)Nc2cccc(Cl)c2)nnc1C(CC(C)C)NC(=O)c1ccccc1. The number of anilines is 1. The molecule has 2 amide bonds. The van der Waals surface area contributed by atoms with E-state index in [-0.39, 0.29) is 23.6 Å². The number of hydrogen-bond acceptors (Lipinski definition) is 5. The van der Waals surface area contributed by atoms with E-state index in [2.05, 4.69) is 41.3 Å². The number of carbonyl (C=O) groups excluding carboxylic acids is 2. The third kappa shape index (κ3) is 7.20. The molecule has 7 nitrogen and oxygen atoms in total. The molecule has 0 aliphatic rings. The smallest absolute Gasteiger partial charge is 0.251 e. The number of allylic oxidation sites excluding steroid dienone is 1. The molecule has 3 rings (SSSR count). The van der Waals surface area contributed by atoms with Crippen molar-refractivity contribution in [1.82, 2.24) is 20.1 Å². The second-order valence-corrected chi connectivity index (χ2v) is 9.49. The Morgan fingerprint density at radius 3 is 2.59 bits per heavy atom. The fourth-order valence-corrected chi connectivity index (χ4v) is 4.34. The van der Waals surface area contributed by atoms with Crippen molar-refractivity contribution in [2.75, 3.05) is 11.1 Å². The summed E-state index contributed by atoms with van der Waals surface area (Å²) in [6.07, 6.45) is 2.43. The molecule has 0 aliphatic heterocycles. The number of carbonyl (C=O) groups is 2. The summed E-state index contributed by atoms with van der Waals surface area (Å²) in [5.74, 6) is 0.741. The van der Waals surface area contributed by atoms with Crippen LogP contribution in [0.4, 0.5) is 5.69 Å². The minimum Gasteiger partial charge on any atom is -0.342 e. The fraction of sp³-hybridized carbons (Fsp3) is 0.280. The number of hydrogen-bond donors (Lipinski definition) is 2.